The van der Waals surface area contributed by atoms with Gasteiger partial charge in [-0.15, -0.1) is 0 Å². The molecule has 4 aromatic carbocycles. The predicted octanol–water partition coefficient (Wildman–Crippen LogP) is 5.80. The second-order valence-electron chi connectivity index (χ2n) is 10.6. The van der Waals surface area contributed by atoms with E-state index in [0.717, 1.165) is 29.2 Å². The van der Waals surface area contributed by atoms with Crippen LogP contribution in [0.3, 0.4) is 0 Å². The monoisotopic (exact) mass is 521 g/mol. The van der Waals surface area contributed by atoms with Crippen LogP contribution in [-0.4, -0.2) is 34.1 Å². The molecule has 1 amide bonds. The fraction of sp³-hybridized carbons (Fsp3) is 0.226. The third-order valence-electron chi connectivity index (χ3n) is 8.77. The summed E-state index contributed by atoms with van der Waals surface area (Å²) in [6.45, 7) is 0.582. The van der Waals surface area contributed by atoms with Crippen molar-refractivity contribution in [3.63, 3.8) is 0 Å². The molecule has 4 aromatic rings. The molecule has 0 aromatic heterocycles. The number of anilines is 1. The molecule has 0 bridgehead atoms. The average molecular weight is 522 g/mol. The number of nitro groups is 1. The normalized spacial score (nSPS) is 25.6. The number of carbonyl (C=O) groups is 2. The lowest BCUT2D eigenvalue weighted by atomic mass is 9.68. The largest absolute Gasteiger partial charge is 0.324 e. The number of rotatable bonds is 4. The molecular formula is C31H24FN3O4. The summed E-state index contributed by atoms with van der Waals surface area (Å²) in [4.78, 5) is 41.7. The smallest absolute Gasteiger partial charge is 0.269 e. The molecule has 7 rings (SSSR count). The fourth-order valence-electron chi connectivity index (χ4n) is 7.25. The second-order valence-corrected chi connectivity index (χ2v) is 10.6. The second kappa shape index (κ2) is 8.54. The number of non-ortho nitro benzene ring substituents is 1. The molecule has 3 unspecified atom stereocenters. The lowest BCUT2D eigenvalue weighted by Gasteiger charge is -2.37. The Morgan fingerprint density at radius 2 is 1.77 bits per heavy atom. The number of nitrogens with zero attached hydrogens (tertiary/aromatic N) is 2. The molecule has 3 heterocycles. The third kappa shape index (κ3) is 3.31. The van der Waals surface area contributed by atoms with Gasteiger partial charge in [-0.05, 0) is 60.0 Å². The van der Waals surface area contributed by atoms with E-state index >= 15 is 0 Å². The molecule has 7 nitrogen and oxygen atoms in total. The van der Waals surface area contributed by atoms with Crippen molar-refractivity contribution in [2.45, 2.75) is 30.3 Å². The third-order valence-corrected chi connectivity index (χ3v) is 8.77. The molecule has 3 aliphatic rings. The lowest BCUT2D eigenvalue weighted by molar-refractivity contribution is -0.384. The predicted molar refractivity (Wildman–Crippen MR) is 144 cm³/mol. The first-order valence-corrected chi connectivity index (χ1v) is 13.0. The molecule has 4 atom stereocenters. The average Bonchev–Trinajstić information content (AvgIpc) is 3.61. The number of nitrogens with one attached hydrogen (secondary N) is 1. The van der Waals surface area contributed by atoms with Crippen molar-refractivity contribution >= 4 is 33.8 Å². The first-order chi connectivity index (χ1) is 18.9. The van der Waals surface area contributed by atoms with Gasteiger partial charge in [-0.3, -0.25) is 24.6 Å². The Morgan fingerprint density at radius 1 is 1.00 bits per heavy atom. The molecule has 2 fully saturated rings. The number of carbonyl (C=O) groups excluding carboxylic acids is 2. The molecule has 0 radical (unpaired) electrons. The van der Waals surface area contributed by atoms with Gasteiger partial charge in [0, 0.05) is 40.9 Å². The number of nitro benzene ring substituents is 1. The van der Waals surface area contributed by atoms with E-state index in [-0.39, 0.29) is 23.4 Å². The number of hydrogen-bond acceptors (Lipinski definition) is 5. The number of amides is 1. The van der Waals surface area contributed by atoms with E-state index in [0.29, 0.717) is 23.4 Å². The van der Waals surface area contributed by atoms with Crippen molar-refractivity contribution in [1.29, 1.82) is 0 Å². The van der Waals surface area contributed by atoms with Crippen LogP contribution in [0.2, 0.25) is 0 Å². The number of hydrogen-bond donors (Lipinski definition) is 1. The molecule has 1 N–H and O–H groups in total. The van der Waals surface area contributed by atoms with Gasteiger partial charge < -0.3 is 5.32 Å². The van der Waals surface area contributed by atoms with Gasteiger partial charge in [-0.2, -0.15) is 0 Å². The highest BCUT2D eigenvalue weighted by molar-refractivity contribution is 6.13. The highest BCUT2D eigenvalue weighted by atomic mass is 19.1. The number of ketones is 1. The van der Waals surface area contributed by atoms with Gasteiger partial charge in [0.15, 0.2) is 5.78 Å². The van der Waals surface area contributed by atoms with Gasteiger partial charge in [-0.25, -0.2) is 4.39 Å². The molecule has 1 spiro atoms. The van der Waals surface area contributed by atoms with Crippen LogP contribution in [0.5, 0.6) is 0 Å². The maximum atomic E-state index is 14.7. The van der Waals surface area contributed by atoms with Gasteiger partial charge >= 0.3 is 0 Å². The SMILES string of the molecule is O=C(c1ccc2ccccc2c1)C1C(c2ccc([N+](=O)[O-])cc2)C2CCCN2[C@@]12C(=O)Nc1ccc(F)cc12. The molecule has 0 saturated carbocycles. The van der Waals surface area contributed by atoms with Crippen LogP contribution in [0.25, 0.3) is 10.8 Å². The standard InChI is InChI=1S/C31H24FN3O4/c32-22-11-14-25-24(17-22)31(30(37)33-25)28(29(36)21-8-7-18-4-1-2-5-20(18)16-21)27(26-6-3-15-34(26)31)19-9-12-23(13-10-19)35(38)39/h1-2,4-5,7-14,16-17,26-28H,3,6,15H2,(H,33,37)/t26?,27?,28?,31-/m1/s1. The minimum Gasteiger partial charge on any atom is -0.324 e. The Labute approximate surface area is 223 Å². The number of benzene rings is 4. The van der Waals surface area contributed by atoms with E-state index < -0.39 is 28.1 Å². The molecule has 0 aliphatic carbocycles. The van der Waals surface area contributed by atoms with Crippen molar-refractivity contribution in [3.05, 3.63) is 118 Å². The van der Waals surface area contributed by atoms with Crippen molar-refractivity contribution in [1.82, 2.24) is 4.90 Å². The Bertz CT molecular complexity index is 1690. The van der Waals surface area contributed by atoms with Crippen LogP contribution >= 0.6 is 0 Å². The first-order valence-electron chi connectivity index (χ1n) is 13.0. The van der Waals surface area contributed by atoms with Crippen LogP contribution in [0.1, 0.15) is 40.2 Å². The topological polar surface area (TPSA) is 92.5 Å². The van der Waals surface area contributed by atoms with Crippen molar-refractivity contribution in [2.24, 2.45) is 5.92 Å². The van der Waals surface area contributed by atoms with Gasteiger partial charge in [-0.1, -0.05) is 48.5 Å². The highest BCUT2D eigenvalue weighted by Crippen LogP contribution is 2.61. The quantitative estimate of drug-likeness (QED) is 0.208. The van der Waals surface area contributed by atoms with E-state index in [4.69, 9.17) is 0 Å². The van der Waals surface area contributed by atoms with Crippen molar-refractivity contribution < 1.29 is 18.9 Å². The van der Waals surface area contributed by atoms with Crippen molar-refractivity contribution in [3.8, 4) is 0 Å². The molecule has 39 heavy (non-hydrogen) atoms. The number of fused-ring (bicyclic) bond motifs is 5. The molecular weight excluding hydrogens is 497 g/mol. The van der Waals surface area contributed by atoms with Gasteiger partial charge in [0.1, 0.15) is 11.4 Å². The minimum atomic E-state index is -1.40. The zero-order valence-electron chi connectivity index (χ0n) is 20.8. The molecule has 194 valence electrons. The summed E-state index contributed by atoms with van der Waals surface area (Å²) in [5, 5.41) is 16.2. The molecule has 3 aliphatic heterocycles. The van der Waals surface area contributed by atoms with Crippen molar-refractivity contribution in [2.75, 3.05) is 11.9 Å². The van der Waals surface area contributed by atoms with Crippen LogP contribution in [0.15, 0.2) is 84.9 Å². The number of Topliss-reactive ketones (excluding diaryl/α,β-unsaturated/α-hetero) is 1. The maximum Gasteiger partial charge on any atom is 0.269 e. The molecule has 8 heteroatoms. The van der Waals surface area contributed by atoms with E-state index in [2.05, 4.69) is 10.2 Å². The summed E-state index contributed by atoms with van der Waals surface area (Å²) in [6.07, 6.45) is 1.58. The summed E-state index contributed by atoms with van der Waals surface area (Å²) in [7, 11) is 0. The van der Waals surface area contributed by atoms with Crippen LogP contribution < -0.4 is 5.32 Å². The summed E-state index contributed by atoms with van der Waals surface area (Å²) < 4.78 is 14.7. The Hall–Kier alpha value is -4.43. The highest BCUT2D eigenvalue weighted by Gasteiger charge is 2.69. The number of halogens is 1. The summed E-state index contributed by atoms with van der Waals surface area (Å²) in [5.41, 5.74) is 0.775. The van der Waals surface area contributed by atoms with Gasteiger partial charge in [0.25, 0.3) is 5.69 Å². The van der Waals surface area contributed by atoms with E-state index in [9.17, 15) is 24.1 Å². The zero-order chi connectivity index (χ0) is 26.9. The van der Waals surface area contributed by atoms with E-state index in [1.165, 1.54) is 24.3 Å². The van der Waals surface area contributed by atoms with E-state index in [1.807, 2.05) is 36.4 Å². The van der Waals surface area contributed by atoms with Gasteiger partial charge in [0.05, 0.1) is 10.8 Å². The summed E-state index contributed by atoms with van der Waals surface area (Å²) in [5.74, 6) is -2.30. The maximum absolute atomic E-state index is 14.7. The Morgan fingerprint density at radius 3 is 2.54 bits per heavy atom. The first kappa shape index (κ1) is 23.7. The zero-order valence-corrected chi connectivity index (χ0v) is 20.8. The Kier molecular flexibility index (Phi) is 5.18. The summed E-state index contributed by atoms with van der Waals surface area (Å²) >= 11 is 0. The fourth-order valence-corrected chi connectivity index (χ4v) is 7.25. The van der Waals surface area contributed by atoms with Crippen LogP contribution in [0.4, 0.5) is 15.8 Å². The lowest BCUT2D eigenvalue weighted by Crippen LogP contribution is -2.52. The molecule has 2 saturated heterocycles. The minimum absolute atomic E-state index is 0.0434. The van der Waals surface area contributed by atoms with E-state index in [1.54, 1.807) is 24.3 Å². The Balaban J connectivity index is 1.47. The van der Waals surface area contributed by atoms with Crippen LogP contribution in [0, 0.1) is 21.8 Å². The van der Waals surface area contributed by atoms with Crippen LogP contribution in [-0.2, 0) is 10.3 Å². The van der Waals surface area contributed by atoms with Gasteiger partial charge in [0.2, 0.25) is 5.91 Å². The summed E-state index contributed by atoms with van der Waals surface area (Å²) in [6, 6.07) is 23.6.